The van der Waals surface area contributed by atoms with E-state index in [0.717, 1.165) is 25.7 Å². The van der Waals surface area contributed by atoms with Crippen molar-refractivity contribution in [3.8, 4) is 0 Å². The van der Waals surface area contributed by atoms with Gasteiger partial charge in [0.2, 0.25) is 5.91 Å². The zero-order valence-electron chi connectivity index (χ0n) is 11.4. The molecule has 1 aromatic heterocycles. The predicted octanol–water partition coefficient (Wildman–Crippen LogP) is 2.33. The average molecular weight is 298 g/mol. The maximum Gasteiger partial charge on any atom is 0.250 e. The zero-order chi connectivity index (χ0) is 14.6. The highest BCUT2D eigenvalue weighted by Crippen LogP contribution is 2.28. The lowest BCUT2D eigenvalue weighted by atomic mass is 9.94. The van der Waals surface area contributed by atoms with Gasteiger partial charge in [0.25, 0.3) is 0 Å². The molecule has 1 amide bonds. The van der Waals surface area contributed by atoms with Crippen LogP contribution in [0.3, 0.4) is 0 Å². The maximum absolute atomic E-state index is 11.0. The molecule has 1 fully saturated rings. The van der Waals surface area contributed by atoms with E-state index in [-0.39, 0.29) is 5.56 Å². The largest absolute Gasteiger partial charge is 0.388 e. The Kier molecular flexibility index (Phi) is 4.83. The third kappa shape index (κ3) is 3.84. The minimum atomic E-state index is -0.704. The zero-order valence-corrected chi connectivity index (χ0v) is 12.1. The molecule has 0 spiro atoms. The summed E-state index contributed by atoms with van der Waals surface area (Å²) in [6, 6.07) is 1.48. The molecule has 1 aliphatic carbocycles. The van der Waals surface area contributed by atoms with E-state index in [1.165, 1.54) is 25.1 Å². The van der Waals surface area contributed by atoms with Gasteiger partial charge in [0.15, 0.2) is 0 Å². The van der Waals surface area contributed by atoms with E-state index in [0.29, 0.717) is 17.4 Å². The molecule has 2 rings (SSSR count). The Labute approximate surface area is 123 Å². The normalized spacial score (nSPS) is 18.3. The molecular weight excluding hydrogens is 278 g/mol. The number of nitrogens with zero attached hydrogens (tertiary/aromatic N) is 1. The summed E-state index contributed by atoms with van der Waals surface area (Å²) in [5.74, 6) is -0.0947. The van der Waals surface area contributed by atoms with Crippen LogP contribution in [-0.4, -0.2) is 28.1 Å². The lowest BCUT2D eigenvalue weighted by Gasteiger charge is -2.27. The minimum absolute atomic E-state index is 0.272. The number of halogens is 1. The van der Waals surface area contributed by atoms with Crippen LogP contribution in [0.4, 0.5) is 5.82 Å². The molecule has 20 heavy (non-hydrogen) atoms. The summed E-state index contributed by atoms with van der Waals surface area (Å²) in [4.78, 5) is 15.1. The van der Waals surface area contributed by atoms with Gasteiger partial charge in [-0.15, -0.1) is 0 Å². The molecule has 110 valence electrons. The van der Waals surface area contributed by atoms with Gasteiger partial charge in [-0.1, -0.05) is 37.3 Å². The molecule has 0 radical (unpaired) electrons. The van der Waals surface area contributed by atoms with E-state index in [1.54, 1.807) is 0 Å². The summed E-state index contributed by atoms with van der Waals surface area (Å²) < 4.78 is 0. The predicted molar refractivity (Wildman–Crippen MR) is 78.9 cm³/mol. The van der Waals surface area contributed by atoms with Crippen LogP contribution in [0.1, 0.15) is 48.9 Å². The highest BCUT2D eigenvalue weighted by Gasteiger charge is 2.28. The van der Waals surface area contributed by atoms with Gasteiger partial charge in [0, 0.05) is 12.7 Å². The van der Waals surface area contributed by atoms with E-state index >= 15 is 0 Å². The van der Waals surface area contributed by atoms with E-state index in [9.17, 15) is 9.90 Å². The highest BCUT2D eigenvalue weighted by atomic mass is 35.5. The molecule has 0 atom stereocenters. The van der Waals surface area contributed by atoms with Crippen LogP contribution in [0.25, 0.3) is 0 Å². The fraction of sp³-hybridized carbons (Fsp3) is 0.571. The fourth-order valence-corrected chi connectivity index (χ4v) is 2.75. The fourth-order valence-electron chi connectivity index (χ4n) is 2.51. The van der Waals surface area contributed by atoms with E-state index in [1.807, 2.05) is 0 Å². The quantitative estimate of drug-likeness (QED) is 0.744. The topological polar surface area (TPSA) is 88.2 Å². The molecular formula is C14H20ClN3O2. The van der Waals surface area contributed by atoms with Crippen molar-refractivity contribution < 1.29 is 9.90 Å². The Hall–Kier alpha value is -1.33. The molecule has 0 saturated heterocycles. The number of amides is 1. The summed E-state index contributed by atoms with van der Waals surface area (Å²) in [6.45, 7) is 0.412. The molecule has 0 aliphatic heterocycles. The van der Waals surface area contributed by atoms with Crippen LogP contribution in [0.2, 0.25) is 5.02 Å². The number of primary amides is 1. The second-order valence-corrected chi connectivity index (χ2v) is 5.82. The Morgan fingerprint density at radius 2 is 2.05 bits per heavy atom. The van der Waals surface area contributed by atoms with Crippen molar-refractivity contribution in [2.45, 2.75) is 44.1 Å². The average Bonchev–Trinajstić information content (AvgIpc) is 2.62. The standard InChI is InChI=1S/C14H20ClN3O2/c15-11-7-10(12(16)19)8-17-13(11)18-9-14(20)5-3-1-2-4-6-14/h7-8,20H,1-6,9H2,(H2,16,19)(H,17,18). The minimum Gasteiger partial charge on any atom is -0.388 e. The summed E-state index contributed by atoms with van der Waals surface area (Å²) in [5.41, 5.74) is 4.73. The number of carbonyl (C=O) groups excluding carboxylic acids is 1. The smallest absolute Gasteiger partial charge is 0.250 e. The second-order valence-electron chi connectivity index (χ2n) is 5.41. The summed E-state index contributed by atoms with van der Waals surface area (Å²) in [5, 5.41) is 13.9. The maximum atomic E-state index is 11.0. The first-order chi connectivity index (χ1) is 9.50. The van der Waals surface area contributed by atoms with E-state index < -0.39 is 11.5 Å². The summed E-state index contributed by atoms with van der Waals surface area (Å²) in [6.07, 6.45) is 7.39. The summed E-state index contributed by atoms with van der Waals surface area (Å²) in [7, 11) is 0. The van der Waals surface area contributed by atoms with Crippen LogP contribution in [0.15, 0.2) is 12.3 Å². The van der Waals surface area contributed by atoms with Crippen LogP contribution in [0.5, 0.6) is 0 Å². The van der Waals surface area contributed by atoms with Crippen molar-refractivity contribution in [1.29, 1.82) is 0 Å². The first-order valence-corrected chi connectivity index (χ1v) is 7.30. The van der Waals surface area contributed by atoms with Crippen LogP contribution in [-0.2, 0) is 0 Å². The van der Waals surface area contributed by atoms with Crippen molar-refractivity contribution in [1.82, 2.24) is 4.98 Å². The molecule has 0 bridgehead atoms. The number of pyridine rings is 1. The molecule has 4 N–H and O–H groups in total. The Bertz CT molecular complexity index is 485. The Balaban J connectivity index is 2.01. The first kappa shape index (κ1) is 15.1. The number of hydrogen-bond donors (Lipinski definition) is 3. The van der Waals surface area contributed by atoms with E-state index in [2.05, 4.69) is 10.3 Å². The van der Waals surface area contributed by atoms with Crippen molar-refractivity contribution in [2.24, 2.45) is 5.73 Å². The number of anilines is 1. The summed E-state index contributed by atoms with van der Waals surface area (Å²) >= 11 is 6.05. The number of nitrogens with one attached hydrogen (secondary N) is 1. The van der Waals surface area contributed by atoms with Crippen LogP contribution < -0.4 is 11.1 Å². The highest BCUT2D eigenvalue weighted by molar-refractivity contribution is 6.33. The molecule has 1 aromatic rings. The van der Waals surface area contributed by atoms with Crippen molar-refractivity contribution in [3.63, 3.8) is 0 Å². The van der Waals surface area contributed by atoms with Gasteiger partial charge in [-0.2, -0.15) is 0 Å². The van der Waals surface area contributed by atoms with Crippen molar-refractivity contribution >= 4 is 23.3 Å². The van der Waals surface area contributed by atoms with Gasteiger partial charge >= 0.3 is 0 Å². The number of nitrogens with two attached hydrogens (primary N) is 1. The molecule has 6 heteroatoms. The molecule has 1 heterocycles. The van der Waals surface area contributed by atoms with Gasteiger partial charge in [-0.05, 0) is 18.9 Å². The van der Waals surface area contributed by atoms with Gasteiger partial charge < -0.3 is 16.2 Å². The number of carbonyl (C=O) groups is 1. The van der Waals surface area contributed by atoms with E-state index in [4.69, 9.17) is 17.3 Å². The molecule has 0 aromatic carbocycles. The number of hydrogen-bond acceptors (Lipinski definition) is 4. The molecule has 1 saturated carbocycles. The number of rotatable bonds is 4. The number of aromatic nitrogens is 1. The molecule has 1 aliphatic rings. The first-order valence-electron chi connectivity index (χ1n) is 6.92. The van der Waals surface area contributed by atoms with Gasteiger partial charge in [-0.25, -0.2) is 4.98 Å². The van der Waals surface area contributed by atoms with Crippen LogP contribution >= 0.6 is 11.6 Å². The van der Waals surface area contributed by atoms with Gasteiger partial charge in [-0.3, -0.25) is 4.79 Å². The SMILES string of the molecule is NC(=O)c1cnc(NCC2(O)CCCCCC2)c(Cl)c1. The molecule has 5 nitrogen and oxygen atoms in total. The second kappa shape index (κ2) is 6.41. The molecule has 0 unspecified atom stereocenters. The van der Waals surface area contributed by atoms with Gasteiger partial charge in [0.05, 0.1) is 16.2 Å². The third-order valence-electron chi connectivity index (χ3n) is 3.74. The van der Waals surface area contributed by atoms with Crippen molar-refractivity contribution in [3.05, 3.63) is 22.8 Å². The van der Waals surface area contributed by atoms with Gasteiger partial charge in [0.1, 0.15) is 5.82 Å². The van der Waals surface area contributed by atoms with Crippen LogP contribution in [0, 0.1) is 0 Å². The Morgan fingerprint density at radius 1 is 1.40 bits per heavy atom. The third-order valence-corrected chi connectivity index (χ3v) is 4.03. The lowest BCUT2D eigenvalue weighted by molar-refractivity contribution is 0.0380. The monoisotopic (exact) mass is 297 g/mol. The lowest BCUT2D eigenvalue weighted by Crippen LogP contribution is -2.36. The number of aliphatic hydroxyl groups is 1. The Morgan fingerprint density at radius 3 is 2.60 bits per heavy atom. The van der Waals surface area contributed by atoms with Crippen molar-refractivity contribution in [2.75, 3.05) is 11.9 Å².